The number of hydrogen-bond donors (Lipinski definition) is 1. The molecular formula is C21H25NO2. The van der Waals surface area contributed by atoms with Crippen molar-refractivity contribution in [2.45, 2.75) is 46.0 Å². The molecule has 3 nitrogen and oxygen atoms in total. The fourth-order valence-corrected chi connectivity index (χ4v) is 2.47. The maximum Gasteiger partial charge on any atom is 0.224 e. The lowest BCUT2D eigenvalue weighted by molar-refractivity contribution is -0.116. The van der Waals surface area contributed by atoms with Crippen LogP contribution < -0.4 is 5.32 Å². The molecule has 2 aromatic rings. The summed E-state index contributed by atoms with van der Waals surface area (Å²) in [4.78, 5) is 24.2. The maximum atomic E-state index is 12.2. The topological polar surface area (TPSA) is 46.2 Å². The minimum atomic E-state index is -0.139. The molecule has 0 bridgehead atoms. The molecule has 0 saturated carbocycles. The van der Waals surface area contributed by atoms with Crippen molar-refractivity contribution >= 4 is 17.4 Å². The number of ketones is 1. The van der Waals surface area contributed by atoms with E-state index in [1.807, 2.05) is 55.5 Å². The van der Waals surface area contributed by atoms with Crippen molar-refractivity contribution in [3.8, 4) is 0 Å². The van der Waals surface area contributed by atoms with E-state index in [0.717, 1.165) is 11.3 Å². The van der Waals surface area contributed by atoms with Crippen molar-refractivity contribution in [2.75, 3.05) is 5.32 Å². The molecule has 0 fully saturated rings. The van der Waals surface area contributed by atoms with Gasteiger partial charge in [-0.25, -0.2) is 0 Å². The number of carbonyl (C=O) groups excluding carboxylic acids is 2. The average molecular weight is 323 g/mol. The van der Waals surface area contributed by atoms with Gasteiger partial charge in [-0.1, -0.05) is 57.2 Å². The highest BCUT2D eigenvalue weighted by Gasteiger charge is 2.15. The smallest absolute Gasteiger partial charge is 0.224 e. The third kappa shape index (κ3) is 5.05. The fourth-order valence-electron chi connectivity index (χ4n) is 2.47. The molecule has 0 unspecified atom stereocenters. The second-order valence-electron chi connectivity index (χ2n) is 7.17. The van der Waals surface area contributed by atoms with Crippen LogP contribution >= 0.6 is 0 Å². The van der Waals surface area contributed by atoms with Crippen LogP contribution in [0.4, 0.5) is 5.69 Å². The largest absolute Gasteiger partial charge is 0.326 e. The van der Waals surface area contributed by atoms with Crippen molar-refractivity contribution in [2.24, 2.45) is 0 Å². The summed E-state index contributed by atoms with van der Waals surface area (Å²) in [6.45, 7) is 8.39. The third-order valence-corrected chi connectivity index (χ3v) is 3.95. The number of anilines is 1. The second kappa shape index (κ2) is 7.43. The van der Waals surface area contributed by atoms with Crippen LogP contribution in [0.5, 0.6) is 0 Å². The molecule has 2 rings (SSSR count). The van der Waals surface area contributed by atoms with Crippen molar-refractivity contribution in [3.63, 3.8) is 0 Å². The molecule has 0 aliphatic carbocycles. The van der Waals surface area contributed by atoms with Crippen molar-refractivity contribution < 1.29 is 9.59 Å². The Morgan fingerprint density at radius 2 is 1.62 bits per heavy atom. The summed E-state index contributed by atoms with van der Waals surface area (Å²) in [5.41, 5.74) is 3.77. The van der Waals surface area contributed by atoms with Gasteiger partial charge in [0.25, 0.3) is 0 Å². The lowest BCUT2D eigenvalue weighted by atomic mass is 9.86. The Labute approximate surface area is 144 Å². The predicted octanol–water partition coefficient (Wildman–Crippen LogP) is 4.89. The highest BCUT2D eigenvalue weighted by molar-refractivity contribution is 6.00. The summed E-state index contributed by atoms with van der Waals surface area (Å²) in [6.07, 6.45) is 0.403. The van der Waals surface area contributed by atoms with Crippen LogP contribution in [0.15, 0.2) is 48.5 Å². The van der Waals surface area contributed by atoms with Gasteiger partial charge in [0.2, 0.25) is 5.91 Å². The average Bonchev–Trinajstić information content (AvgIpc) is 2.52. The van der Waals surface area contributed by atoms with E-state index < -0.39 is 0 Å². The molecule has 0 aromatic heterocycles. The van der Waals surface area contributed by atoms with Crippen molar-refractivity contribution in [1.82, 2.24) is 0 Å². The van der Waals surface area contributed by atoms with Crippen molar-refractivity contribution in [1.29, 1.82) is 0 Å². The molecule has 0 aliphatic heterocycles. The number of Topliss-reactive ketones (excluding diaryl/α,β-unsaturated/α-hetero) is 1. The van der Waals surface area contributed by atoms with Gasteiger partial charge >= 0.3 is 0 Å². The van der Waals surface area contributed by atoms with Gasteiger partial charge in [-0.2, -0.15) is 0 Å². The molecule has 3 heteroatoms. The molecule has 126 valence electrons. The van der Waals surface area contributed by atoms with Crippen molar-refractivity contribution in [3.05, 3.63) is 65.2 Å². The zero-order valence-electron chi connectivity index (χ0n) is 14.8. The Kier molecular flexibility index (Phi) is 5.55. The third-order valence-electron chi connectivity index (χ3n) is 3.95. The quantitative estimate of drug-likeness (QED) is 0.796. The van der Waals surface area contributed by atoms with Crippen LogP contribution in [0.3, 0.4) is 0 Å². The molecule has 0 spiro atoms. The maximum absolute atomic E-state index is 12.2. The van der Waals surface area contributed by atoms with Gasteiger partial charge in [0.15, 0.2) is 5.78 Å². The van der Waals surface area contributed by atoms with Crippen LogP contribution in [-0.2, 0) is 10.2 Å². The Morgan fingerprint density at radius 1 is 0.958 bits per heavy atom. The van der Waals surface area contributed by atoms with Gasteiger partial charge in [-0.15, -0.1) is 0 Å². The van der Waals surface area contributed by atoms with Crippen LogP contribution in [0.2, 0.25) is 0 Å². The number of aryl methyl sites for hydroxylation is 1. The van der Waals surface area contributed by atoms with Crippen LogP contribution in [0.1, 0.15) is 55.1 Å². The van der Waals surface area contributed by atoms with Gasteiger partial charge in [-0.3, -0.25) is 9.59 Å². The van der Waals surface area contributed by atoms with E-state index in [9.17, 15) is 9.59 Å². The summed E-state index contributed by atoms with van der Waals surface area (Å²) in [5, 5.41) is 2.83. The molecular weight excluding hydrogens is 298 g/mol. The molecule has 1 amide bonds. The number of benzene rings is 2. The van der Waals surface area contributed by atoms with E-state index in [1.54, 1.807) is 0 Å². The van der Waals surface area contributed by atoms with Crippen LogP contribution in [0.25, 0.3) is 0 Å². The molecule has 0 saturated heterocycles. The zero-order chi connectivity index (χ0) is 17.7. The SMILES string of the molecule is Cc1cccc(NC(=O)CCC(=O)c2ccc(C(C)(C)C)cc2)c1. The van der Waals surface area contributed by atoms with Gasteiger partial charge < -0.3 is 5.32 Å². The zero-order valence-corrected chi connectivity index (χ0v) is 14.8. The number of carbonyl (C=O) groups is 2. The minimum Gasteiger partial charge on any atom is -0.326 e. The summed E-state index contributed by atoms with van der Waals surface area (Å²) >= 11 is 0. The monoisotopic (exact) mass is 323 g/mol. The highest BCUT2D eigenvalue weighted by atomic mass is 16.2. The molecule has 0 heterocycles. The highest BCUT2D eigenvalue weighted by Crippen LogP contribution is 2.22. The van der Waals surface area contributed by atoms with Crippen LogP contribution in [0, 0.1) is 6.92 Å². The van der Waals surface area contributed by atoms with Crippen LogP contribution in [-0.4, -0.2) is 11.7 Å². The number of amides is 1. The molecule has 1 N–H and O–H groups in total. The first-order valence-electron chi connectivity index (χ1n) is 8.26. The summed E-state index contributed by atoms with van der Waals surface area (Å²) < 4.78 is 0. The predicted molar refractivity (Wildman–Crippen MR) is 98.5 cm³/mol. The molecule has 0 aliphatic rings. The van der Waals surface area contributed by atoms with E-state index in [1.165, 1.54) is 5.56 Å². The Morgan fingerprint density at radius 3 is 2.21 bits per heavy atom. The van der Waals surface area contributed by atoms with E-state index in [2.05, 4.69) is 26.1 Å². The van der Waals surface area contributed by atoms with E-state index in [-0.39, 0.29) is 29.9 Å². The fraction of sp³-hybridized carbons (Fsp3) is 0.333. The lowest BCUT2D eigenvalue weighted by Gasteiger charge is -2.18. The van der Waals surface area contributed by atoms with Gasteiger partial charge in [0.05, 0.1) is 0 Å². The van der Waals surface area contributed by atoms with E-state index in [0.29, 0.717) is 5.56 Å². The summed E-state index contributed by atoms with van der Waals surface area (Å²) in [5.74, 6) is -0.143. The number of hydrogen-bond acceptors (Lipinski definition) is 2. The molecule has 2 aromatic carbocycles. The van der Waals surface area contributed by atoms with Gasteiger partial charge in [0, 0.05) is 24.1 Å². The number of nitrogens with one attached hydrogen (secondary N) is 1. The first kappa shape index (κ1) is 17.9. The summed E-state index contributed by atoms with van der Waals surface area (Å²) in [7, 11) is 0. The normalized spacial score (nSPS) is 11.2. The first-order chi connectivity index (χ1) is 11.3. The van der Waals surface area contributed by atoms with E-state index in [4.69, 9.17) is 0 Å². The Hall–Kier alpha value is -2.42. The molecule has 24 heavy (non-hydrogen) atoms. The lowest BCUT2D eigenvalue weighted by Crippen LogP contribution is -2.14. The first-order valence-corrected chi connectivity index (χ1v) is 8.26. The van der Waals surface area contributed by atoms with E-state index >= 15 is 0 Å². The standard InChI is InChI=1S/C21H25NO2/c1-15-6-5-7-18(14-15)22-20(24)13-12-19(23)16-8-10-17(11-9-16)21(2,3)4/h5-11,14H,12-13H2,1-4H3,(H,22,24). The Bertz CT molecular complexity index is 724. The summed E-state index contributed by atoms with van der Waals surface area (Å²) in [6, 6.07) is 15.3. The molecule has 0 radical (unpaired) electrons. The Balaban J connectivity index is 1.89. The van der Waals surface area contributed by atoms with Gasteiger partial charge in [0.1, 0.15) is 0 Å². The second-order valence-corrected chi connectivity index (χ2v) is 7.17. The number of rotatable bonds is 5. The van der Waals surface area contributed by atoms with Gasteiger partial charge in [-0.05, 0) is 35.6 Å². The molecule has 0 atom stereocenters. The minimum absolute atomic E-state index is 0.00477.